The van der Waals surface area contributed by atoms with Crippen LogP contribution in [0.4, 0.5) is 5.82 Å². The maximum atomic E-state index is 12.6. The summed E-state index contributed by atoms with van der Waals surface area (Å²) in [6.45, 7) is 6.43. The van der Waals surface area contributed by atoms with E-state index >= 15 is 0 Å². The van der Waals surface area contributed by atoms with Crippen LogP contribution in [0.25, 0.3) is 0 Å². The minimum Gasteiger partial charge on any atom is -0.487 e. The van der Waals surface area contributed by atoms with Gasteiger partial charge in [0.05, 0.1) is 29.8 Å². The molecule has 1 aromatic carbocycles. The van der Waals surface area contributed by atoms with E-state index in [-0.39, 0.29) is 17.6 Å². The van der Waals surface area contributed by atoms with E-state index in [2.05, 4.69) is 24.1 Å². The van der Waals surface area contributed by atoms with Gasteiger partial charge in [-0.1, -0.05) is 29.8 Å². The minimum atomic E-state index is -0.301. The van der Waals surface area contributed by atoms with Crippen molar-refractivity contribution in [1.82, 2.24) is 9.88 Å². The molecule has 0 bridgehead atoms. The summed E-state index contributed by atoms with van der Waals surface area (Å²) in [6, 6.07) is 9.69. The fourth-order valence-electron chi connectivity index (χ4n) is 3.71. The van der Waals surface area contributed by atoms with Crippen LogP contribution in [-0.4, -0.2) is 47.7 Å². The van der Waals surface area contributed by atoms with Crippen molar-refractivity contribution in [3.05, 3.63) is 52.7 Å². The van der Waals surface area contributed by atoms with Crippen molar-refractivity contribution in [1.29, 1.82) is 0 Å². The molecule has 3 heterocycles. The van der Waals surface area contributed by atoms with Gasteiger partial charge in [0.2, 0.25) is 0 Å². The Hall–Kier alpha value is -2.31. The van der Waals surface area contributed by atoms with Crippen LogP contribution < -0.4 is 10.1 Å². The van der Waals surface area contributed by atoms with Crippen LogP contribution in [0.15, 0.2) is 36.5 Å². The third-order valence-corrected chi connectivity index (χ3v) is 5.36. The Labute approximate surface area is 169 Å². The zero-order valence-electron chi connectivity index (χ0n) is 16.1. The number of aromatic nitrogens is 1. The lowest BCUT2D eigenvalue weighted by molar-refractivity contribution is 0.0302. The largest absolute Gasteiger partial charge is 0.487 e. The van der Waals surface area contributed by atoms with Gasteiger partial charge in [-0.2, -0.15) is 0 Å². The minimum absolute atomic E-state index is 0.0192. The van der Waals surface area contributed by atoms with E-state index in [1.54, 1.807) is 17.2 Å². The summed E-state index contributed by atoms with van der Waals surface area (Å²) >= 11 is 6.48. The van der Waals surface area contributed by atoms with Gasteiger partial charge in [0.1, 0.15) is 17.2 Å². The highest BCUT2D eigenvalue weighted by Crippen LogP contribution is 2.41. The number of hydrogen-bond donors (Lipinski definition) is 1. The molecule has 0 spiro atoms. The summed E-state index contributed by atoms with van der Waals surface area (Å²) in [5, 5.41) is 3.87. The Morgan fingerprint density at radius 2 is 2.04 bits per heavy atom. The average molecular weight is 402 g/mol. The summed E-state index contributed by atoms with van der Waals surface area (Å²) in [7, 11) is 0. The molecule has 1 atom stereocenters. The molecular formula is C21H24ClN3O3. The molecule has 2 aliphatic rings. The topological polar surface area (TPSA) is 63.7 Å². The number of nitrogens with one attached hydrogen (secondary N) is 1. The van der Waals surface area contributed by atoms with Crippen molar-refractivity contribution in [2.45, 2.75) is 31.9 Å². The van der Waals surface area contributed by atoms with Gasteiger partial charge in [0.15, 0.2) is 0 Å². The van der Waals surface area contributed by atoms with E-state index in [0.717, 1.165) is 17.7 Å². The van der Waals surface area contributed by atoms with Crippen molar-refractivity contribution in [2.75, 3.05) is 31.6 Å². The van der Waals surface area contributed by atoms with Crippen molar-refractivity contribution in [3.63, 3.8) is 0 Å². The molecular weight excluding hydrogens is 378 g/mol. The summed E-state index contributed by atoms with van der Waals surface area (Å²) in [4.78, 5) is 18.8. The smallest absolute Gasteiger partial charge is 0.255 e. The van der Waals surface area contributed by atoms with Crippen LogP contribution in [0.3, 0.4) is 0 Å². The molecule has 6 nitrogen and oxygen atoms in total. The Kier molecular flexibility index (Phi) is 5.17. The molecule has 0 radical (unpaired) electrons. The summed E-state index contributed by atoms with van der Waals surface area (Å²) < 4.78 is 11.4. The SMILES string of the molecule is CC1(C)CC(Nc2ncc(C(=O)N3CCOCC3)cc2Cl)c2ccccc2O1. The summed E-state index contributed by atoms with van der Waals surface area (Å²) in [5.74, 6) is 1.37. The standard InChI is InChI=1S/C21H24ClN3O3/c1-21(2)12-17(15-5-3-4-6-18(15)28-21)24-19-16(22)11-14(13-23-19)20(26)25-7-9-27-10-8-25/h3-6,11,13,17H,7-10,12H2,1-2H3,(H,23,24). The fraction of sp³-hybridized carbons (Fsp3) is 0.429. The third kappa shape index (κ3) is 3.93. The highest BCUT2D eigenvalue weighted by Gasteiger charge is 2.34. The van der Waals surface area contributed by atoms with E-state index in [4.69, 9.17) is 21.1 Å². The number of pyridine rings is 1. The molecule has 1 saturated heterocycles. The number of hydrogen-bond acceptors (Lipinski definition) is 5. The van der Waals surface area contributed by atoms with Crippen molar-refractivity contribution in [3.8, 4) is 5.75 Å². The van der Waals surface area contributed by atoms with Crippen LogP contribution in [0.1, 0.15) is 42.2 Å². The molecule has 2 aliphatic heterocycles. The van der Waals surface area contributed by atoms with Gasteiger partial charge in [-0.25, -0.2) is 4.98 Å². The number of carbonyl (C=O) groups excluding carboxylic acids is 1. The van der Waals surface area contributed by atoms with E-state index in [1.807, 2.05) is 24.3 Å². The van der Waals surface area contributed by atoms with Crippen LogP contribution in [0.5, 0.6) is 5.75 Å². The number of morpholine rings is 1. The van der Waals surface area contributed by atoms with Gasteiger partial charge in [-0.3, -0.25) is 4.79 Å². The Morgan fingerprint density at radius 1 is 1.29 bits per heavy atom. The molecule has 1 aromatic heterocycles. The molecule has 1 amide bonds. The molecule has 1 unspecified atom stereocenters. The van der Waals surface area contributed by atoms with Gasteiger partial charge < -0.3 is 19.7 Å². The zero-order valence-corrected chi connectivity index (χ0v) is 16.8. The van der Waals surface area contributed by atoms with Gasteiger partial charge in [-0.05, 0) is 26.0 Å². The Morgan fingerprint density at radius 3 is 2.79 bits per heavy atom. The first-order chi connectivity index (χ1) is 13.4. The van der Waals surface area contributed by atoms with Crippen molar-refractivity contribution < 1.29 is 14.3 Å². The summed E-state index contributed by atoms with van der Waals surface area (Å²) in [6.07, 6.45) is 2.36. The van der Waals surface area contributed by atoms with Gasteiger partial charge in [-0.15, -0.1) is 0 Å². The first-order valence-corrected chi connectivity index (χ1v) is 9.88. The molecule has 28 heavy (non-hydrogen) atoms. The van der Waals surface area contributed by atoms with Gasteiger partial charge >= 0.3 is 0 Å². The number of amides is 1. The normalized spacial score (nSPS) is 20.8. The predicted octanol–water partition coefficient (Wildman–Crippen LogP) is 3.92. The first kappa shape index (κ1) is 19.0. The average Bonchev–Trinajstić information content (AvgIpc) is 2.68. The fourth-order valence-corrected chi connectivity index (χ4v) is 3.93. The number of rotatable bonds is 3. The quantitative estimate of drug-likeness (QED) is 0.844. The Bertz CT molecular complexity index is 881. The molecule has 2 aromatic rings. The van der Waals surface area contributed by atoms with Gasteiger partial charge in [0, 0.05) is 31.3 Å². The lowest BCUT2D eigenvalue weighted by Crippen LogP contribution is -2.40. The second-order valence-corrected chi connectivity index (χ2v) is 8.17. The van der Waals surface area contributed by atoms with E-state index < -0.39 is 0 Å². The summed E-state index contributed by atoms with van der Waals surface area (Å²) in [5.41, 5.74) is 1.27. The number of anilines is 1. The maximum absolute atomic E-state index is 12.6. The monoisotopic (exact) mass is 401 g/mol. The van der Waals surface area contributed by atoms with Crippen LogP contribution >= 0.6 is 11.6 Å². The number of carbonyl (C=O) groups is 1. The van der Waals surface area contributed by atoms with Crippen LogP contribution in [0.2, 0.25) is 5.02 Å². The predicted molar refractivity (Wildman–Crippen MR) is 108 cm³/mol. The molecule has 148 valence electrons. The number of fused-ring (bicyclic) bond motifs is 1. The lowest BCUT2D eigenvalue weighted by atomic mass is 9.89. The maximum Gasteiger partial charge on any atom is 0.255 e. The Balaban J connectivity index is 1.55. The zero-order chi connectivity index (χ0) is 19.7. The van der Waals surface area contributed by atoms with Crippen molar-refractivity contribution in [2.24, 2.45) is 0 Å². The second-order valence-electron chi connectivity index (χ2n) is 7.76. The van der Waals surface area contributed by atoms with E-state index in [1.165, 1.54) is 0 Å². The highest BCUT2D eigenvalue weighted by molar-refractivity contribution is 6.33. The molecule has 7 heteroatoms. The number of halogens is 1. The van der Waals surface area contributed by atoms with Crippen molar-refractivity contribution >= 4 is 23.3 Å². The van der Waals surface area contributed by atoms with Crippen LogP contribution in [-0.2, 0) is 4.74 Å². The van der Waals surface area contributed by atoms with Crippen LogP contribution in [0, 0.1) is 0 Å². The third-order valence-electron chi connectivity index (χ3n) is 5.07. The number of benzene rings is 1. The molecule has 0 aliphatic carbocycles. The van der Waals surface area contributed by atoms with Gasteiger partial charge in [0.25, 0.3) is 5.91 Å². The second kappa shape index (κ2) is 7.60. The number of para-hydroxylation sites is 1. The molecule has 1 N–H and O–H groups in total. The number of ether oxygens (including phenoxy) is 2. The molecule has 1 fully saturated rings. The lowest BCUT2D eigenvalue weighted by Gasteiger charge is -2.38. The molecule has 4 rings (SSSR count). The van der Waals surface area contributed by atoms with E-state index in [9.17, 15) is 4.79 Å². The van der Waals surface area contributed by atoms with E-state index in [0.29, 0.717) is 42.7 Å². The number of nitrogens with zero attached hydrogens (tertiary/aromatic N) is 2. The molecule has 0 saturated carbocycles. The first-order valence-electron chi connectivity index (χ1n) is 9.50. The highest BCUT2D eigenvalue weighted by atomic mass is 35.5.